The summed E-state index contributed by atoms with van der Waals surface area (Å²) in [5, 5.41) is 3.72. The Kier molecular flexibility index (Phi) is 2.45. The smallest absolute Gasteiger partial charge is 0.343 e. The molecule has 0 amide bonds. The van der Waals surface area contributed by atoms with Gasteiger partial charge < -0.3 is 9.26 Å². The lowest BCUT2D eigenvalue weighted by atomic mass is 10.2. The average Bonchev–Trinajstić information content (AvgIpc) is 2.78. The van der Waals surface area contributed by atoms with Crippen LogP contribution < -0.4 is 0 Å². The molecule has 0 saturated heterocycles. The van der Waals surface area contributed by atoms with Crippen molar-refractivity contribution in [1.29, 1.82) is 0 Å². The molecule has 0 aliphatic carbocycles. The van der Waals surface area contributed by atoms with E-state index >= 15 is 0 Å². The number of carbonyl (C=O) groups excluding carboxylic acids is 1. The van der Waals surface area contributed by atoms with E-state index in [-0.39, 0.29) is 5.56 Å². The molecule has 2 aromatic heterocycles. The third-order valence-corrected chi connectivity index (χ3v) is 1.88. The Bertz CT molecular complexity index is 465. The van der Waals surface area contributed by atoms with Gasteiger partial charge in [-0.25, -0.2) is 4.79 Å². The molecule has 76 valence electrons. The van der Waals surface area contributed by atoms with Crippen LogP contribution >= 0.6 is 0 Å². The first-order valence-electron chi connectivity index (χ1n) is 4.27. The van der Waals surface area contributed by atoms with Crippen molar-refractivity contribution >= 4 is 5.97 Å². The minimum atomic E-state index is -0.489. The normalized spacial score (nSPS) is 9.93. The van der Waals surface area contributed by atoms with Gasteiger partial charge in [0.1, 0.15) is 17.5 Å². The van der Waals surface area contributed by atoms with Crippen molar-refractivity contribution < 1.29 is 14.1 Å². The summed E-state index contributed by atoms with van der Waals surface area (Å²) in [6, 6.07) is 5.32. The Balaban J connectivity index is 2.46. The van der Waals surface area contributed by atoms with Gasteiger partial charge in [-0.1, -0.05) is 11.2 Å². The maximum atomic E-state index is 11.3. The Hall–Kier alpha value is -2.17. The van der Waals surface area contributed by atoms with E-state index in [1.165, 1.54) is 13.4 Å². The molecule has 0 radical (unpaired) electrons. The van der Waals surface area contributed by atoms with Gasteiger partial charge in [-0.3, -0.25) is 4.98 Å². The first-order chi connectivity index (χ1) is 7.33. The van der Waals surface area contributed by atoms with E-state index in [0.717, 1.165) is 0 Å². The fourth-order valence-corrected chi connectivity index (χ4v) is 1.18. The quantitative estimate of drug-likeness (QED) is 0.694. The minimum Gasteiger partial charge on any atom is -0.465 e. The second kappa shape index (κ2) is 3.91. The summed E-state index contributed by atoms with van der Waals surface area (Å²) in [4.78, 5) is 15.4. The van der Waals surface area contributed by atoms with Gasteiger partial charge in [0.2, 0.25) is 0 Å². The Morgan fingerprint density at radius 1 is 1.47 bits per heavy atom. The summed E-state index contributed by atoms with van der Waals surface area (Å²) < 4.78 is 9.32. The molecule has 0 atom stereocenters. The zero-order valence-electron chi connectivity index (χ0n) is 8.01. The molecule has 0 aliphatic rings. The predicted molar refractivity (Wildman–Crippen MR) is 51.1 cm³/mol. The second-order valence-corrected chi connectivity index (χ2v) is 2.78. The number of aromatic nitrogens is 2. The highest BCUT2D eigenvalue weighted by Gasteiger charge is 2.18. The number of hydrogen-bond donors (Lipinski definition) is 0. The molecular formula is C10H8N2O3. The van der Waals surface area contributed by atoms with E-state index in [4.69, 9.17) is 4.52 Å². The summed E-state index contributed by atoms with van der Waals surface area (Å²) >= 11 is 0. The van der Waals surface area contributed by atoms with Crippen molar-refractivity contribution in [3.63, 3.8) is 0 Å². The Morgan fingerprint density at radius 3 is 3.00 bits per heavy atom. The fraction of sp³-hybridized carbons (Fsp3) is 0.100. The summed E-state index contributed by atoms with van der Waals surface area (Å²) in [6.45, 7) is 0. The molecule has 5 nitrogen and oxygen atoms in total. The third-order valence-electron chi connectivity index (χ3n) is 1.88. The molecule has 0 saturated carbocycles. The molecule has 5 heteroatoms. The molecule has 0 spiro atoms. The number of carbonyl (C=O) groups is 1. The van der Waals surface area contributed by atoms with Crippen molar-refractivity contribution in [2.24, 2.45) is 0 Å². The topological polar surface area (TPSA) is 65.2 Å². The molecule has 0 unspecified atom stereocenters. The molecule has 0 aliphatic heterocycles. The fourth-order valence-electron chi connectivity index (χ4n) is 1.18. The molecule has 2 rings (SSSR count). The summed E-state index contributed by atoms with van der Waals surface area (Å²) in [7, 11) is 1.30. The highest BCUT2D eigenvalue weighted by molar-refractivity contribution is 5.95. The van der Waals surface area contributed by atoms with Crippen LogP contribution in [0.1, 0.15) is 10.4 Å². The van der Waals surface area contributed by atoms with Crippen molar-refractivity contribution in [3.05, 3.63) is 36.2 Å². The minimum absolute atomic E-state index is 0.274. The molecule has 2 aromatic rings. The van der Waals surface area contributed by atoms with Crippen LogP contribution in [0.15, 0.2) is 35.2 Å². The SMILES string of the molecule is COC(=O)c1conc1-c1ccccn1. The van der Waals surface area contributed by atoms with Crippen LogP contribution in [0.3, 0.4) is 0 Å². The van der Waals surface area contributed by atoms with E-state index in [1.807, 2.05) is 0 Å². The van der Waals surface area contributed by atoms with Gasteiger partial charge in [0.15, 0.2) is 0 Å². The zero-order chi connectivity index (χ0) is 10.7. The van der Waals surface area contributed by atoms with Crippen LogP contribution in [-0.2, 0) is 4.74 Å². The van der Waals surface area contributed by atoms with Crippen LogP contribution in [0.25, 0.3) is 11.4 Å². The number of hydrogen-bond acceptors (Lipinski definition) is 5. The largest absolute Gasteiger partial charge is 0.465 e. The van der Waals surface area contributed by atoms with E-state index in [1.54, 1.807) is 24.4 Å². The molecule has 0 fully saturated rings. The maximum absolute atomic E-state index is 11.3. The van der Waals surface area contributed by atoms with Gasteiger partial charge in [0.25, 0.3) is 0 Å². The van der Waals surface area contributed by atoms with Gasteiger partial charge in [-0.2, -0.15) is 0 Å². The highest BCUT2D eigenvalue weighted by atomic mass is 16.5. The van der Waals surface area contributed by atoms with Crippen LogP contribution in [0.5, 0.6) is 0 Å². The van der Waals surface area contributed by atoms with Crippen LogP contribution in [-0.4, -0.2) is 23.2 Å². The lowest BCUT2D eigenvalue weighted by Gasteiger charge is -1.97. The van der Waals surface area contributed by atoms with Crippen LogP contribution in [0.2, 0.25) is 0 Å². The summed E-state index contributed by atoms with van der Waals surface area (Å²) in [5.74, 6) is -0.489. The lowest BCUT2D eigenvalue weighted by Crippen LogP contribution is -2.01. The zero-order valence-corrected chi connectivity index (χ0v) is 8.01. The van der Waals surface area contributed by atoms with Crippen LogP contribution in [0.4, 0.5) is 0 Å². The maximum Gasteiger partial charge on any atom is 0.343 e. The van der Waals surface area contributed by atoms with Crippen molar-refractivity contribution in [2.75, 3.05) is 7.11 Å². The van der Waals surface area contributed by atoms with Gasteiger partial charge >= 0.3 is 5.97 Å². The predicted octanol–water partition coefficient (Wildman–Crippen LogP) is 1.52. The average molecular weight is 204 g/mol. The molecule has 0 bridgehead atoms. The highest BCUT2D eigenvalue weighted by Crippen LogP contribution is 2.19. The molecule has 2 heterocycles. The third kappa shape index (κ3) is 1.71. The summed E-state index contributed by atoms with van der Waals surface area (Å²) in [6.07, 6.45) is 2.86. The van der Waals surface area contributed by atoms with Crippen molar-refractivity contribution in [3.8, 4) is 11.4 Å². The van der Waals surface area contributed by atoms with E-state index < -0.39 is 5.97 Å². The number of methoxy groups -OCH3 is 1. The van der Waals surface area contributed by atoms with Gasteiger partial charge in [-0.05, 0) is 12.1 Å². The molecular weight excluding hydrogens is 196 g/mol. The Morgan fingerprint density at radius 2 is 2.33 bits per heavy atom. The van der Waals surface area contributed by atoms with Crippen LogP contribution in [0, 0.1) is 0 Å². The van der Waals surface area contributed by atoms with Crippen molar-refractivity contribution in [2.45, 2.75) is 0 Å². The number of nitrogens with zero attached hydrogens (tertiary/aromatic N) is 2. The standard InChI is InChI=1S/C10H8N2O3/c1-14-10(13)7-6-15-12-9(7)8-4-2-3-5-11-8/h2-6H,1H3. The first-order valence-corrected chi connectivity index (χ1v) is 4.27. The number of ether oxygens (including phenoxy) is 1. The van der Waals surface area contributed by atoms with Gasteiger partial charge in [0.05, 0.1) is 12.8 Å². The summed E-state index contributed by atoms with van der Waals surface area (Å²) in [5.41, 5.74) is 1.24. The van der Waals surface area contributed by atoms with E-state index in [0.29, 0.717) is 11.4 Å². The first kappa shape index (κ1) is 9.39. The van der Waals surface area contributed by atoms with E-state index in [2.05, 4.69) is 14.9 Å². The lowest BCUT2D eigenvalue weighted by molar-refractivity contribution is 0.0600. The number of pyridine rings is 1. The van der Waals surface area contributed by atoms with Gasteiger partial charge in [-0.15, -0.1) is 0 Å². The van der Waals surface area contributed by atoms with E-state index in [9.17, 15) is 4.79 Å². The van der Waals surface area contributed by atoms with Crippen molar-refractivity contribution in [1.82, 2.24) is 10.1 Å². The monoisotopic (exact) mass is 204 g/mol. The Labute approximate surface area is 85.7 Å². The number of rotatable bonds is 2. The molecule has 15 heavy (non-hydrogen) atoms. The molecule has 0 aromatic carbocycles. The molecule has 0 N–H and O–H groups in total. The van der Waals surface area contributed by atoms with Gasteiger partial charge in [0, 0.05) is 6.20 Å². The second-order valence-electron chi connectivity index (χ2n) is 2.78. The number of esters is 1.